The molecule has 1 aromatic heterocycles. The van der Waals surface area contributed by atoms with Crippen LogP contribution in [0.4, 0.5) is 5.69 Å². The number of nitrogens with two attached hydrogens (primary N) is 1. The van der Waals surface area contributed by atoms with Gasteiger partial charge in [-0.1, -0.05) is 11.6 Å². The predicted octanol–water partition coefficient (Wildman–Crippen LogP) is 3.44. The average molecular weight is 350 g/mol. The number of rotatable bonds is 3. The summed E-state index contributed by atoms with van der Waals surface area (Å²) in [4.78, 5) is 25.8. The summed E-state index contributed by atoms with van der Waals surface area (Å²) in [5.41, 5.74) is 5.77. The Kier molecular flexibility index (Phi) is 3.93. The van der Waals surface area contributed by atoms with E-state index in [1.165, 1.54) is 18.2 Å². The van der Waals surface area contributed by atoms with Gasteiger partial charge in [-0.3, -0.25) is 14.9 Å². The van der Waals surface area contributed by atoms with E-state index in [0.717, 1.165) is 11.8 Å². The van der Waals surface area contributed by atoms with Crippen molar-refractivity contribution in [2.45, 2.75) is 0 Å². The minimum absolute atomic E-state index is 0.0493. The van der Waals surface area contributed by atoms with Crippen molar-refractivity contribution in [1.29, 1.82) is 0 Å². The standard InChI is InChI=1S/C14H8ClN3O4S/c15-9-3-1-7(5-10(9)18(20)21)11-4-2-8(22-11)6-12-13(19)17-14(16)23-12/h1-6H,(H2,16,17,19)/b12-6-. The zero-order valence-corrected chi connectivity index (χ0v) is 12.9. The number of carbonyl (C=O) groups is 1. The molecule has 0 atom stereocenters. The van der Waals surface area contributed by atoms with E-state index < -0.39 is 10.8 Å². The molecular weight excluding hydrogens is 342 g/mol. The van der Waals surface area contributed by atoms with Crippen molar-refractivity contribution in [3.63, 3.8) is 0 Å². The first-order valence-corrected chi connectivity index (χ1v) is 7.45. The molecule has 1 aliphatic heterocycles. The first-order valence-electron chi connectivity index (χ1n) is 6.26. The molecule has 116 valence electrons. The fraction of sp³-hybridized carbons (Fsp3) is 0. The fourth-order valence-corrected chi connectivity index (χ4v) is 2.79. The van der Waals surface area contributed by atoms with Crippen LogP contribution in [0.25, 0.3) is 17.4 Å². The number of nitro groups is 1. The molecule has 0 spiro atoms. The van der Waals surface area contributed by atoms with E-state index >= 15 is 0 Å². The number of furan rings is 1. The van der Waals surface area contributed by atoms with Crippen LogP contribution in [-0.4, -0.2) is 16.0 Å². The molecule has 0 aliphatic carbocycles. The third-order valence-electron chi connectivity index (χ3n) is 2.96. The second kappa shape index (κ2) is 5.90. The van der Waals surface area contributed by atoms with Crippen LogP contribution in [0.15, 0.2) is 44.6 Å². The smallest absolute Gasteiger partial charge is 0.288 e. The number of carbonyl (C=O) groups excluding carboxylic acids is 1. The number of thioether (sulfide) groups is 1. The van der Waals surface area contributed by atoms with Crippen LogP contribution in [0.1, 0.15) is 5.76 Å². The van der Waals surface area contributed by atoms with Crippen LogP contribution in [-0.2, 0) is 4.79 Å². The summed E-state index contributed by atoms with van der Waals surface area (Å²) in [5.74, 6) is 0.409. The maximum absolute atomic E-state index is 11.5. The molecule has 0 bridgehead atoms. The SMILES string of the molecule is NC1=NC(=O)/C(=C/c2ccc(-c3ccc(Cl)c([N+](=O)[O-])c3)o2)S1. The van der Waals surface area contributed by atoms with Gasteiger partial charge in [0.25, 0.3) is 11.6 Å². The fourth-order valence-electron chi connectivity index (χ4n) is 1.95. The van der Waals surface area contributed by atoms with E-state index in [0.29, 0.717) is 22.0 Å². The van der Waals surface area contributed by atoms with Crippen LogP contribution in [0.5, 0.6) is 0 Å². The lowest BCUT2D eigenvalue weighted by molar-refractivity contribution is -0.384. The van der Waals surface area contributed by atoms with E-state index in [1.807, 2.05) is 0 Å². The number of hydrogen-bond acceptors (Lipinski definition) is 6. The van der Waals surface area contributed by atoms with Gasteiger partial charge >= 0.3 is 0 Å². The van der Waals surface area contributed by atoms with Crippen LogP contribution in [0.3, 0.4) is 0 Å². The topological polar surface area (TPSA) is 112 Å². The van der Waals surface area contributed by atoms with Crippen LogP contribution >= 0.6 is 23.4 Å². The summed E-state index contributed by atoms with van der Waals surface area (Å²) in [7, 11) is 0. The molecule has 2 aromatic rings. The average Bonchev–Trinajstić information content (AvgIpc) is 3.06. The summed E-state index contributed by atoms with van der Waals surface area (Å²) >= 11 is 6.83. The third kappa shape index (κ3) is 3.13. The molecule has 0 fully saturated rings. The summed E-state index contributed by atoms with van der Waals surface area (Å²) in [6.45, 7) is 0. The Morgan fingerprint density at radius 1 is 1.35 bits per heavy atom. The molecule has 0 saturated heterocycles. The van der Waals surface area contributed by atoms with Crippen LogP contribution in [0.2, 0.25) is 5.02 Å². The van der Waals surface area contributed by atoms with E-state index in [9.17, 15) is 14.9 Å². The zero-order valence-electron chi connectivity index (χ0n) is 11.4. The van der Waals surface area contributed by atoms with Crippen LogP contribution < -0.4 is 5.73 Å². The van der Waals surface area contributed by atoms with Crippen molar-refractivity contribution in [1.82, 2.24) is 0 Å². The normalized spacial score (nSPS) is 16.0. The Balaban J connectivity index is 1.91. The Hall–Kier alpha value is -2.58. The molecule has 1 amide bonds. The number of aliphatic imine (C=N–C) groups is 1. The summed E-state index contributed by atoms with van der Waals surface area (Å²) in [6, 6.07) is 7.66. The lowest BCUT2D eigenvalue weighted by Crippen LogP contribution is -2.01. The van der Waals surface area contributed by atoms with Gasteiger partial charge in [-0.15, -0.1) is 0 Å². The van der Waals surface area contributed by atoms with Gasteiger partial charge in [0.15, 0.2) is 5.17 Å². The molecule has 2 N–H and O–H groups in total. The monoisotopic (exact) mass is 349 g/mol. The Labute approximate surface area is 139 Å². The number of benzene rings is 1. The molecule has 23 heavy (non-hydrogen) atoms. The molecule has 1 aromatic carbocycles. The number of halogens is 1. The maximum Gasteiger partial charge on any atom is 0.288 e. The van der Waals surface area contributed by atoms with Gasteiger partial charge in [-0.2, -0.15) is 4.99 Å². The molecule has 0 unspecified atom stereocenters. The summed E-state index contributed by atoms with van der Waals surface area (Å²) in [6.07, 6.45) is 1.52. The van der Waals surface area contributed by atoms with Crippen molar-refractivity contribution in [2.24, 2.45) is 10.7 Å². The van der Waals surface area contributed by atoms with E-state index in [4.69, 9.17) is 21.8 Å². The van der Waals surface area contributed by atoms with Crippen molar-refractivity contribution < 1.29 is 14.1 Å². The number of hydrogen-bond donors (Lipinski definition) is 1. The second-order valence-electron chi connectivity index (χ2n) is 4.49. The lowest BCUT2D eigenvalue weighted by atomic mass is 10.1. The second-order valence-corrected chi connectivity index (χ2v) is 5.96. The molecular formula is C14H8ClN3O4S. The van der Waals surface area contributed by atoms with Crippen LogP contribution in [0, 0.1) is 10.1 Å². The molecule has 2 heterocycles. The van der Waals surface area contributed by atoms with Gasteiger partial charge in [-0.05, 0) is 36.0 Å². The quantitative estimate of drug-likeness (QED) is 0.516. The van der Waals surface area contributed by atoms with Gasteiger partial charge in [-0.25, -0.2) is 0 Å². The Morgan fingerprint density at radius 3 is 2.78 bits per heavy atom. The molecule has 7 nitrogen and oxygen atoms in total. The first kappa shape index (κ1) is 15.3. The Morgan fingerprint density at radius 2 is 2.13 bits per heavy atom. The largest absolute Gasteiger partial charge is 0.457 e. The van der Waals surface area contributed by atoms with Gasteiger partial charge < -0.3 is 10.2 Å². The van der Waals surface area contributed by atoms with Gasteiger partial charge in [0.2, 0.25) is 0 Å². The number of amides is 1. The summed E-state index contributed by atoms with van der Waals surface area (Å²) < 4.78 is 5.59. The van der Waals surface area contributed by atoms with Crippen molar-refractivity contribution in [3.05, 3.63) is 56.1 Å². The first-order chi connectivity index (χ1) is 10.9. The minimum atomic E-state index is -0.564. The number of amidine groups is 1. The number of nitro benzene ring substituents is 1. The highest BCUT2D eigenvalue weighted by atomic mass is 35.5. The highest BCUT2D eigenvalue weighted by Gasteiger charge is 2.20. The molecule has 3 rings (SSSR count). The lowest BCUT2D eigenvalue weighted by Gasteiger charge is -1.99. The van der Waals surface area contributed by atoms with E-state index in [-0.39, 0.29) is 15.9 Å². The highest BCUT2D eigenvalue weighted by molar-refractivity contribution is 8.18. The molecule has 9 heteroatoms. The van der Waals surface area contributed by atoms with Crippen molar-refractivity contribution in [3.8, 4) is 11.3 Å². The molecule has 0 radical (unpaired) electrons. The molecule has 0 saturated carbocycles. The van der Waals surface area contributed by atoms with E-state index in [2.05, 4.69) is 4.99 Å². The highest BCUT2D eigenvalue weighted by Crippen LogP contribution is 2.32. The van der Waals surface area contributed by atoms with Gasteiger partial charge in [0.05, 0.1) is 9.83 Å². The van der Waals surface area contributed by atoms with Gasteiger partial charge in [0.1, 0.15) is 16.5 Å². The van der Waals surface area contributed by atoms with Gasteiger partial charge in [0, 0.05) is 17.7 Å². The minimum Gasteiger partial charge on any atom is -0.457 e. The van der Waals surface area contributed by atoms with E-state index in [1.54, 1.807) is 18.2 Å². The summed E-state index contributed by atoms with van der Waals surface area (Å²) in [5, 5.41) is 11.2. The molecule has 1 aliphatic rings. The number of nitrogens with zero attached hydrogens (tertiary/aromatic N) is 2. The third-order valence-corrected chi connectivity index (χ3v) is 4.10. The zero-order chi connectivity index (χ0) is 16.6. The predicted molar refractivity (Wildman–Crippen MR) is 88.0 cm³/mol. The maximum atomic E-state index is 11.5. The Bertz CT molecular complexity index is 888. The van der Waals surface area contributed by atoms with Crippen molar-refractivity contribution in [2.75, 3.05) is 0 Å². The van der Waals surface area contributed by atoms with Crippen molar-refractivity contribution >= 4 is 46.2 Å².